The Kier molecular flexibility index (Phi) is 5.40. The maximum absolute atomic E-state index is 11.6. The van der Waals surface area contributed by atoms with E-state index in [9.17, 15) is 18.4 Å². The molecule has 2 amide bonds. The van der Waals surface area contributed by atoms with Crippen molar-refractivity contribution >= 4 is 16.2 Å². The fourth-order valence-electron chi connectivity index (χ4n) is 1.62. The number of hydrogen-bond donors (Lipinski definition) is 3. The molecular formula is C10H23N6O5S+. The van der Waals surface area contributed by atoms with Gasteiger partial charge in [-0.25, -0.2) is 19.9 Å². The molecular weight excluding hydrogens is 316 g/mol. The SMILES string of the molecule is CN(/[N+](O)=N\OC1CCN(C(=O)NS(N)(=O)=O)C1)C(C)(C)C. The molecule has 1 aliphatic heterocycles. The Bertz CT molecular complexity index is 543. The maximum Gasteiger partial charge on any atom is 0.332 e. The number of nitrogens with zero attached hydrogens (tertiary/aromatic N) is 4. The molecule has 0 aromatic heterocycles. The molecule has 1 saturated heterocycles. The van der Waals surface area contributed by atoms with Crippen molar-refractivity contribution in [2.75, 3.05) is 20.1 Å². The van der Waals surface area contributed by atoms with Crippen LogP contribution in [0.2, 0.25) is 0 Å². The van der Waals surface area contributed by atoms with Gasteiger partial charge in [0.05, 0.1) is 19.1 Å². The normalized spacial score (nSPS) is 20.0. The third-order valence-electron chi connectivity index (χ3n) is 3.17. The third-order valence-corrected chi connectivity index (χ3v) is 3.63. The van der Waals surface area contributed by atoms with Crippen molar-refractivity contribution in [2.24, 2.45) is 10.4 Å². The number of nitrogens with one attached hydrogen (secondary N) is 1. The van der Waals surface area contributed by atoms with Gasteiger partial charge in [-0.15, -0.1) is 5.01 Å². The number of likely N-dealkylation sites (tertiary alicyclic amines) is 1. The van der Waals surface area contributed by atoms with E-state index in [1.165, 1.54) is 9.91 Å². The van der Waals surface area contributed by atoms with Crippen LogP contribution in [0.5, 0.6) is 0 Å². The number of nitrogens with two attached hydrogens (primary N) is 1. The first-order chi connectivity index (χ1) is 9.90. The highest BCUT2D eigenvalue weighted by Gasteiger charge is 2.32. The van der Waals surface area contributed by atoms with E-state index in [4.69, 9.17) is 9.98 Å². The van der Waals surface area contributed by atoms with Crippen LogP contribution in [0.1, 0.15) is 27.2 Å². The Hall–Kier alpha value is -1.82. The predicted octanol–water partition coefficient (Wildman–Crippen LogP) is -0.595. The lowest BCUT2D eigenvalue weighted by Crippen LogP contribution is -2.45. The zero-order chi connectivity index (χ0) is 17.1. The topological polar surface area (TPSA) is 141 Å². The van der Waals surface area contributed by atoms with Gasteiger partial charge in [0.2, 0.25) is 0 Å². The zero-order valence-electron chi connectivity index (χ0n) is 13.1. The first kappa shape index (κ1) is 18.2. The molecule has 0 spiro atoms. The van der Waals surface area contributed by atoms with Crippen LogP contribution in [0, 0.1) is 0 Å². The van der Waals surface area contributed by atoms with E-state index in [2.05, 4.69) is 5.28 Å². The van der Waals surface area contributed by atoms with E-state index in [0.29, 0.717) is 17.9 Å². The van der Waals surface area contributed by atoms with Gasteiger partial charge in [-0.1, -0.05) is 0 Å². The minimum atomic E-state index is -4.09. The summed E-state index contributed by atoms with van der Waals surface area (Å²) in [6.07, 6.45) is 0.00322. The average molecular weight is 339 g/mol. The molecule has 1 aliphatic rings. The lowest BCUT2D eigenvalue weighted by Gasteiger charge is -2.22. The Labute approximate surface area is 129 Å². The number of carbonyl (C=O) groups excluding carboxylic acids is 1. The van der Waals surface area contributed by atoms with Gasteiger partial charge in [0.1, 0.15) is 0 Å². The van der Waals surface area contributed by atoms with Crippen LogP contribution in [-0.2, 0) is 15.0 Å². The van der Waals surface area contributed by atoms with Gasteiger partial charge in [-0.05, 0) is 20.8 Å². The summed E-state index contributed by atoms with van der Waals surface area (Å²) in [4.78, 5) is 18.5. The molecule has 0 aromatic rings. The van der Waals surface area contributed by atoms with E-state index in [-0.39, 0.29) is 12.1 Å². The largest absolute Gasteiger partial charge is 0.337 e. The molecule has 1 unspecified atom stereocenters. The quantitative estimate of drug-likeness (QED) is 0.355. The first-order valence-electron chi connectivity index (χ1n) is 6.59. The highest BCUT2D eigenvalue weighted by Crippen LogP contribution is 2.14. The van der Waals surface area contributed by atoms with E-state index in [1.807, 2.05) is 20.8 Å². The van der Waals surface area contributed by atoms with Crippen molar-refractivity contribution in [1.29, 1.82) is 0 Å². The van der Waals surface area contributed by atoms with Gasteiger partial charge in [-0.2, -0.15) is 8.42 Å². The van der Waals surface area contributed by atoms with E-state index in [0.717, 1.165) is 0 Å². The summed E-state index contributed by atoms with van der Waals surface area (Å²) >= 11 is 0. The van der Waals surface area contributed by atoms with Crippen LogP contribution in [0.4, 0.5) is 4.79 Å². The number of hydrazine groups is 1. The van der Waals surface area contributed by atoms with Gasteiger partial charge >= 0.3 is 6.03 Å². The first-order valence-corrected chi connectivity index (χ1v) is 8.14. The summed E-state index contributed by atoms with van der Waals surface area (Å²) in [6.45, 7) is 6.06. The molecule has 0 radical (unpaired) electrons. The van der Waals surface area contributed by atoms with Crippen molar-refractivity contribution < 1.29 is 28.2 Å². The Morgan fingerprint density at radius 2 is 2.14 bits per heavy atom. The minimum Gasteiger partial charge on any atom is -0.337 e. The molecule has 1 rings (SSSR count). The second kappa shape index (κ2) is 6.52. The van der Waals surface area contributed by atoms with Crippen molar-refractivity contribution in [3.63, 3.8) is 0 Å². The number of rotatable bonds is 4. The fraction of sp³-hybridized carbons (Fsp3) is 0.900. The second-order valence-corrected chi connectivity index (χ2v) is 7.25. The molecule has 1 heterocycles. The summed E-state index contributed by atoms with van der Waals surface area (Å²) < 4.78 is 23.2. The standard InChI is InChI=1S/C10H22N6O5S/c1-10(2,3)14(4)16(18)13-21-8-5-6-15(7-8)9(17)12-22(11,19)20/h8H,5-7H2,1-4H3,(H3-,11,12,13,17,18,19,20)/p+1. The number of hydrogen-bond acceptors (Lipinski definition) is 5. The Balaban J connectivity index is 2.53. The van der Waals surface area contributed by atoms with Crippen LogP contribution in [0.3, 0.4) is 0 Å². The number of urea groups is 1. The van der Waals surface area contributed by atoms with Crippen molar-refractivity contribution in [3.8, 4) is 0 Å². The Morgan fingerprint density at radius 3 is 2.64 bits per heavy atom. The molecule has 12 heteroatoms. The van der Waals surface area contributed by atoms with Gasteiger partial charge in [-0.3, -0.25) is 0 Å². The van der Waals surface area contributed by atoms with E-state index in [1.54, 1.807) is 11.8 Å². The van der Waals surface area contributed by atoms with Gasteiger partial charge in [0.25, 0.3) is 20.5 Å². The highest BCUT2D eigenvalue weighted by atomic mass is 32.2. The predicted molar refractivity (Wildman–Crippen MR) is 74.7 cm³/mol. The highest BCUT2D eigenvalue weighted by molar-refractivity contribution is 7.87. The summed E-state index contributed by atoms with van der Waals surface area (Å²) in [7, 11) is -2.46. The van der Waals surface area contributed by atoms with Crippen LogP contribution in [0.25, 0.3) is 0 Å². The Morgan fingerprint density at radius 1 is 1.55 bits per heavy atom. The third kappa shape index (κ3) is 5.52. The van der Waals surface area contributed by atoms with Gasteiger partial charge in [0.15, 0.2) is 6.10 Å². The van der Waals surface area contributed by atoms with Crippen molar-refractivity contribution in [1.82, 2.24) is 14.6 Å². The average Bonchev–Trinajstić information content (AvgIpc) is 2.80. The molecule has 1 atom stereocenters. The van der Waals surface area contributed by atoms with Crippen LogP contribution < -0.4 is 9.86 Å². The second-order valence-electron chi connectivity index (χ2n) is 5.96. The zero-order valence-corrected chi connectivity index (χ0v) is 13.9. The molecule has 0 aromatic carbocycles. The maximum atomic E-state index is 11.6. The number of carbonyl (C=O) groups is 1. The summed E-state index contributed by atoms with van der Waals surface area (Å²) in [5, 5.41) is 19.5. The molecule has 128 valence electrons. The van der Waals surface area contributed by atoms with Crippen LogP contribution in [-0.4, -0.2) is 66.3 Å². The van der Waals surface area contributed by atoms with Gasteiger partial charge < -0.3 is 9.74 Å². The summed E-state index contributed by atoms with van der Waals surface area (Å²) in [6, 6.07) is -0.818. The molecule has 0 bridgehead atoms. The molecule has 4 N–H and O–H groups in total. The van der Waals surface area contributed by atoms with Crippen LogP contribution in [0.15, 0.2) is 5.28 Å². The van der Waals surface area contributed by atoms with Crippen molar-refractivity contribution in [3.05, 3.63) is 0 Å². The summed E-state index contributed by atoms with van der Waals surface area (Å²) in [5.41, 5.74) is -0.362. The number of amides is 2. The van der Waals surface area contributed by atoms with E-state index < -0.39 is 22.3 Å². The van der Waals surface area contributed by atoms with Crippen LogP contribution >= 0.6 is 0 Å². The van der Waals surface area contributed by atoms with E-state index >= 15 is 0 Å². The molecule has 22 heavy (non-hydrogen) atoms. The lowest BCUT2D eigenvalue weighted by atomic mass is 10.1. The fourth-order valence-corrected chi connectivity index (χ4v) is 1.99. The lowest BCUT2D eigenvalue weighted by molar-refractivity contribution is -0.946. The monoisotopic (exact) mass is 339 g/mol. The molecule has 0 aliphatic carbocycles. The smallest absolute Gasteiger partial charge is 0.332 e. The molecule has 1 fully saturated rings. The minimum absolute atomic E-state index is 0.137. The van der Waals surface area contributed by atoms with Crippen molar-refractivity contribution in [2.45, 2.75) is 38.8 Å². The summed E-state index contributed by atoms with van der Waals surface area (Å²) in [5.74, 6) is 0. The molecule has 11 nitrogen and oxygen atoms in total. The van der Waals surface area contributed by atoms with Gasteiger partial charge in [0, 0.05) is 13.0 Å². The molecule has 0 saturated carbocycles.